The molecule has 10 heteroatoms. The number of nitrogens with one attached hydrogen (secondary N) is 1. The van der Waals surface area contributed by atoms with Gasteiger partial charge in [-0.15, -0.1) is 0 Å². The van der Waals surface area contributed by atoms with Crippen molar-refractivity contribution in [1.82, 2.24) is 10.3 Å². The van der Waals surface area contributed by atoms with E-state index in [9.17, 15) is 22.4 Å². The maximum atomic E-state index is 15.6. The third-order valence-electron chi connectivity index (χ3n) is 5.08. The summed E-state index contributed by atoms with van der Waals surface area (Å²) in [6, 6.07) is 12.6. The predicted octanol–water partition coefficient (Wildman–Crippen LogP) is 6.90. The summed E-state index contributed by atoms with van der Waals surface area (Å²) in [4.78, 5) is 15.9. The number of carbonyl (C=O) groups is 1. The van der Waals surface area contributed by atoms with Crippen LogP contribution in [0.4, 0.5) is 31.1 Å². The zero-order valence-corrected chi connectivity index (χ0v) is 18.6. The fourth-order valence-electron chi connectivity index (χ4n) is 3.30. The van der Waals surface area contributed by atoms with E-state index in [2.05, 4.69) is 16.9 Å². The van der Waals surface area contributed by atoms with Gasteiger partial charge in [0, 0.05) is 5.56 Å². The number of alkyl carbamates (subject to hydrolysis) is 1. The summed E-state index contributed by atoms with van der Waals surface area (Å²) in [6.45, 7) is 5.08. The Morgan fingerprint density at radius 3 is 2.14 bits per heavy atom. The van der Waals surface area contributed by atoms with Crippen LogP contribution in [0.3, 0.4) is 0 Å². The number of carbonyl (C=O) groups excluding carboxylic acids is 1. The minimum Gasteiger partial charge on any atom is -0.445 e. The highest BCUT2D eigenvalue weighted by Crippen LogP contribution is 2.39. The van der Waals surface area contributed by atoms with E-state index in [1.807, 2.05) is 0 Å². The minimum atomic E-state index is -5.07. The maximum Gasteiger partial charge on any atom is 0.418 e. The van der Waals surface area contributed by atoms with Gasteiger partial charge in [0.2, 0.25) is 0 Å². The van der Waals surface area contributed by atoms with Crippen LogP contribution in [-0.4, -0.2) is 17.3 Å². The molecule has 0 saturated heterocycles. The molecule has 0 aliphatic carbocycles. The largest absolute Gasteiger partial charge is 0.445 e. The van der Waals surface area contributed by atoms with Gasteiger partial charge in [-0.2, -0.15) is 13.2 Å². The van der Waals surface area contributed by atoms with Crippen LogP contribution in [0.1, 0.15) is 30.7 Å². The van der Waals surface area contributed by atoms with Gasteiger partial charge in [0.15, 0.2) is 11.6 Å². The summed E-state index contributed by atoms with van der Waals surface area (Å²) in [7, 11) is 0. The molecule has 0 saturated carbocycles. The van der Waals surface area contributed by atoms with Crippen LogP contribution in [0.15, 0.2) is 61.2 Å². The van der Waals surface area contributed by atoms with Gasteiger partial charge >= 0.3 is 12.3 Å². The van der Waals surface area contributed by atoms with Gasteiger partial charge in [-0.1, -0.05) is 36.9 Å². The standard InChI is InChI=1S/C25H20F6N2O2/c1-14(25(29,30)31)21-19(27)18(20(28)22(32-21)16-9-11-17(26)12-10-16)24(2,3)33-23(34)35-13-15-7-5-4-6-8-15/h4-12H,1,13H2,2-3H3,(H,33,34). The fourth-order valence-corrected chi connectivity index (χ4v) is 3.30. The summed E-state index contributed by atoms with van der Waals surface area (Å²) in [5.74, 6) is -3.66. The number of alkyl halides is 3. The van der Waals surface area contributed by atoms with E-state index >= 15 is 8.78 Å². The summed E-state index contributed by atoms with van der Waals surface area (Å²) < 4.78 is 89.4. The second kappa shape index (κ2) is 9.81. The minimum absolute atomic E-state index is 0.108. The summed E-state index contributed by atoms with van der Waals surface area (Å²) in [5.41, 5.74) is -5.82. The molecule has 0 fully saturated rings. The third-order valence-corrected chi connectivity index (χ3v) is 5.08. The number of aromatic nitrogens is 1. The van der Waals surface area contributed by atoms with E-state index < -0.39 is 57.8 Å². The molecule has 0 spiro atoms. The molecule has 35 heavy (non-hydrogen) atoms. The molecule has 1 aromatic heterocycles. The molecule has 4 nitrogen and oxygen atoms in total. The van der Waals surface area contributed by atoms with Crippen LogP contribution in [0, 0.1) is 17.5 Å². The van der Waals surface area contributed by atoms with E-state index in [-0.39, 0.29) is 12.2 Å². The molecule has 0 aliphatic heterocycles. The quantitative estimate of drug-likeness (QED) is 0.379. The van der Waals surface area contributed by atoms with Crippen LogP contribution in [0.2, 0.25) is 0 Å². The molecule has 0 atom stereocenters. The Labute approximate surface area is 197 Å². The Hall–Kier alpha value is -3.82. The highest BCUT2D eigenvalue weighted by Gasteiger charge is 2.40. The van der Waals surface area contributed by atoms with E-state index in [4.69, 9.17) is 4.74 Å². The molecule has 1 N–H and O–H groups in total. The maximum absolute atomic E-state index is 15.6. The van der Waals surface area contributed by atoms with Gasteiger partial charge in [-0.25, -0.2) is 22.9 Å². The smallest absolute Gasteiger partial charge is 0.418 e. The fraction of sp³-hybridized carbons (Fsp3) is 0.200. The summed E-state index contributed by atoms with van der Waals surface area (Å²) in [5, 5.41) is 2.28. The number of amides is 1. The molecule has 2 aromatic carbocycles. The highest BCUT2D eigenvalue weighted by molar-refractivity contribution is 5.72. The van der Waals surface area contributed by atoms with E-state index in [0.717, 1.165) is 24.3 Å². The Bertz CT molecular complexity index is 1240. The van der Waals surface area contributed by atoms with Crippen LogP contribution >= 0.6 is 0 Å². The molecule has 3 aromatic rings. The SMILES string of the molecule is C=C(c1nc(-c2ccc(F)cc2)c(F)c(C(C)(C)NC(=O)OCc2ccccc2)c1F)C(F)(F)F. The number of hydrogen-bond acceptors (Lipinski definition) is 3. The molecule has 1 amide bonds. The second-order valence-corrected chi connectivity index (χ2v) is 8.11. The normalized spacial score (nSPS) is 11.8. The van der Waals surface area contributed by atoms with E-state index in [1.165, 1.54) is 13.8 Å². The first-order chi connectivity index (χ1) is 16.3. The average Bonchev–Trinajstić information content (AvgIpc) is 2.78. The lowest BCUT2D eigenvalue weighted by Gasteiger charge is -2.29. The Balaban J connectivity index is 2.05. The lowest BCUT2D eigenvalue weighted by Crippen LogP contribution is -2.43. The molecule has 0 bridgehead atoms. The highest BCUT2D eigenvalue weighted by atomic mass is 19.4. The average molecular weight is 494 g/mol. The van der Waals surface area contributed by atoms with E-state index in [1.54, 1.807) is 30.3 Å². The van der Waals surface area contributed by atoms with Crippen molar-refractivity contribution in [1.29, 1.82) is 0 Å². The van der Waals surface area contributed by atoms with Crippen LogP contribution in [0.25, 0.3) is 16.8 Å². The van der Waals surface area contributed by atoms with Crippen LogP contribution in [0.5, 0.6) is 0 Å². The molecule has 1 heterocycles. The monoisotopic (exact) mass is 494 g/mol. The van der Waals surface area contributed by atoms with Crippen molar-refractivity contribution in [3.05, 3.63) is 95.4 Å². The van der Waals surface area contributed by atoms with Crippen molar-refractivity contribution >= 4 is 11.7 Å². The zero-order chi connectivity index (χ0) is 26.0. The van der Waals surface area contributed by atoms with Crippen LogP contribution in [-0.2, 0) is 16.9 Å². The molecule has 3 rings (SSSR count). The van der Waals surface area contributed by atoms with Gasteiger partial charge in [0.1, 0.15) is 23.8 Å². The molecular formula is C25H20F6N2O2. The predicted molar refractivity (Wildman–Crippen MR) is 117 cm³/mol. The van der Waals surface area contributed by atoms with Gasteiger partial charge in [0.05, 0.1) is 16.7 Å². The number of halogens is 6. The Kier molecular flexibility index (Phi) is 7.23. The Morgan fingerprint density at radius 1 is 0.971 bits per heavy atom. The number of rotatable bonds is 6. The van der Waals surface area contributed by atoms with Crippen molar-refractivity contribution in [2.75, 3.05) is 0 Å². The van der Waals surface area contributed by atoms with Crippen molar-refractivity contribution in [2.45, 2.75) is 32.2 Å². The third kappa shape index (κ3) is 5.82. The lowest BCUT2D eigenvalue weighted by molar-refractivity contribution is -0.0691. The molecule has 0 aliphatic rings. The van der Waals surface area contributed by atoms with Crippen molar-refractivity contribution < 1.29 is 35.9 Å². The van der Waals surface area contributed by atoms with Gasteiger partial charge in [-0.3, -0.25) is 0 Å². The molecule has 0 radical (unpaired) electrons. The first kappa shape index (κ1) is 25.8. The van der Waals surface area contributed by atoms with Crippen LogP contribution < -0.4 is 5.32 Å². The number of pyridine rings is 1. The summed E-state index contributed by atoms with van der Waals surface area (Å²) in [6.07, 6.45) is -6.14. The molecule has 184 valence electrons. The number of ether oxygens (including phenoxy) is 1. The first-order valence-corrected chi connectivity index (χ1v) is 10.2. The Morgan fingerprint density at radius 2 is 1.57 bits per heavy atom. The molecule has 0 unspecified atom stereocenters. The first-order valence-electron chi connectivity index (χ1n) is 10.2. The molecular weight excluding hydrogens is 474 g/mol. The zero-order valence-electron chi connectivity index (χ0n) is 18.6. The second-order valence-electron chi connectivity index (χ2n) is 8.11. The van der Waals surface area contributed by atoms with E-state index in [0.29, 0.717) is 5.56 Å². The van der Waals surface area contributed by atoms with Crippen molar-refractivity contribution in [3.8, 4) is 11.3 Å². The van der Waals surface area contributed by atoms with Gasteiger partial charge < -0.3 is 10.1 Å². The number of allylic oxidation sites excluding steroid dienone is 1. The number of nitrogens with zero attached hydrogens (tertiary/aromatic N) is 1. The van der Waals surface area contributed by atoms with Crippen molar-refractivity contribution in [3.63, 3.8) is 0 Å². The topological polar surface area (TPSA) is 51.2 Å². The van der Waals surface area contributed by atoms with Gasteiger partial charge in [-0.05, 0) is 43.7 Å². The van der Waals surface area contributed by atoms with Crippen molar-refractivity contribution in [2.24, 2.45) is 0 Å². The summed E-state index contributed by atoms with van der Waals surface area (Å²) >= 11 is 0. The number of hydrogen-bond donors (Lipinski definition) is 1. The number of benzene rings is 2. The van der Waals surface area contributed by atoms with Gasteiger partial charge in [0.25, 0.3) is 0 Å². The lowest BCUT2D eigenvalue weighted by atomic mass is 9.90.